The number of hydrogen-bond acceptors (Lipinski definition) is 4. The van der Waals surface area contributed by atoms with E-state index in [-0.39, 0.29) is 12.6 Å². The average Bonchev–Trinajstić information content (AvgIpc) is 2.78. The van der Waals surface area contributed by atoms with Gasteiger partial charge in [-0.25, -0.2) is 0 Å². The SMILES string of the molecule is C1CCC(OC2CCCCO2)OC1.CC(C)=CCC/C(C)=C/CC=CC(C)(O)CCC=C(C)C. The minimum Gasteiger partial charge on any atom is -0.386 e. The van der Waals surface area contributed by atoms with Crippen molar-refractivity contribution in [3.05, 3.63) is 47.1 Å². The smallest absolute Gasteiger partial charge is 0.160 e. The van der Waals surface area contributed by atoms with Crippen molar-refractivity contribution in [2.24, 2.45) is 0 Å². The summed E-state index contributed by atoms with van der Waals surface area (Å²) in [6.07, 6.45) is 22.4. The Hall–Kier alpha value is -1.20. The fourth-order valence-corrected chi connectivity index (χ4v) is 3.82. The highest BCUT2D eigenvalue weighted by Gasteiger charge is 2.21. The van der Waals surface area contributed by atoms with E-state index in [9.17, 15) is 5.11 Å². The first-order valence-electron chi connectivity index (χ1n) is 13.4. The van der Waals surface area contributed by atoms with Crippen LogP contribution in [0.15, 0.2) is 47.1 Å². The molecular formula is C30H52O4. The van der Waals surface area contributed by atoms with Gasteiger partial charge in [0.2, 0.25) is 0 Å². The van der Waals surface area contributed by atoms with Crippen LogP contribution in [0.3, 0.4) is 0 Å². The van der Waals surface area contributed by atoms with Gasteiger partial charge < -0.3 is 19.3 Å². The van der Waals surface area contributed by atoms with E-state index in [2.05, 4.69) is 58.9 Å². The molecule has 0 amide bonds. The number of allylic oxidation sites excluding steroid dienone is 7. The Morgan fingerprint density at radius 1 is 0.853 bits per heavy atom. The van der Waals surface area contributed by atoms with Crippen LogP contribution >= 0.6 is 0 Å². The van der Waals surface area contributed by atoms with Crippen molar-refractivity contribution in [2.75, 3.05) is 13.2 Å². The predicted octanol–water partition coefficient (Wildman–Crippen LogP) is 8.18. The van der Waals surface area contributed by atoms with Gasteiger partial charge >= 0.3 is 0 Å². The van der Waals surface area contributed by atoms with Crippen molar-refractivity contribution in [3.63, 3.8) is 0 Å². The van der Waals surface area contributed by atoms with E-state index in [1.165, 1.54) is 42.4 Å². The first-order chi connectivity index (χ1) is 16.2. The van der Waals surface area contributed by atoms with E-state index in [0.717, 1.165) is 58.2 Å². The zero-order chi connectivity index (χ0) is 25.2. The molecule has 3 unspecified atom stereocenters. The maximum absolute atomic E-state index is 10.3. The predicted molar refractivity (Wildman–Crippen MR) is 144 cm³/mol. The molecule has 0 aromatic rings. The summed E-state index contributed by atoms with van der Waals surface area (Å²) in [5, 5.41) is 10.3. The van der Waals surface area contributed by atoms with Crippen LogP contribution in [0.4, 0.5) is 0 Å². The minimum absolute atomic E-state index is 0.00292. The Labute approximate surface area is 210 Å². The second-order valence-corrected chi connectivity index (χ2v) is 10.4. The highest BCUT2D eigenvalue weighted by atomic mass is 16.8. The Balaban J connectivity index is 0.000000375. The molecule has 0 radical (unpaired) electrons. The lowest BCUT2D eigenvalue weighted by Gasteiger charge is -2.29. The lowest BCUT2D eigenvalue weighted by atomic mass is 9.98. The third kappa shape index (κ3) is 17.3. The summed E-state index contributed by atoms with van der Waals surface area (Å²) in [5.41, 5.74) is 3.41. The van der Waals surface area contributed by atoms with Crippen LogP contribution in [-0.2, 0) is 14.2 Å². The summed E-state index contributed by atoms with van der Waals surface area (Å²) in [7, 11) is 0. The molecule has 2 saturated heterocycles. The monoisotopic (exact) mass is 476 g/mol. The van der Waals surface area contributed by atoms with Crippen LogP contribution in [0, 0.1) is 0 Å². The van der Waals surface area contributed by atoms with E-state index in [1.807, 2.05) is 13.0 Å². The quantitative estimate of drug-likeness (QED) is 0.305. The first-order valence-corrected chi connectivity index (χ1v) is 13.4. The highest BCUT2D eigenvalue weighted by Crippen LogP contribution is 2.20. The molecule has 3 atom stereocenters. The fraction of sp³-hybridized carbons (Fsp3) is 0.733. The van der Waals surface area contributed by atoms with Gasteiger partial charge in [-0.3, -0.25) is 0 Å². The van der Waals surface area contributed by atoms with Crippen LogP contribution in [0.25, 0.3) is 0 Å². The van der Waals surface area contributed by atoms with Crippen molar-refractivity contribution in [1.29, 1.82) is 0 Å². The van der Waals surface area contributed by atoms with Gasteiger partial charge in [0.25, 0.3) is 0 Å². The molecule has 4 heteroatoms. The Bertz CT molecular complexity index is 621. The number of aliphatic hydroxyl groups is 1. The van der Waals surface area contributed by atoms with Gasteiger partial charge in [-0.2, -0.15) is 0 Å². The van der Waals surface area contributed by atoms with Gasteiger partial charge in [-0.05, 0) is 112 Å². The largest absolute Gasteiger partial charge is 0.386 e. The van der Waals surface area contributed by atoms with E-state index in [4.69, 9.17) is 14.2 Å². The van der Waals surface area contributed by atoms with Crippen LogP contribution in [0.5, 0.6) is 0 Å². The summed E-state index contributed by atoms with van der Waals surface area (Å²) in [6, 6.07) is 0. The van der Waals surface area contributed by atoms with Gasteiger partial charge in [0.15, 0.2) is 12.6 Å². The summed E-state index contributed by atoms with van der Waals surface area (Å²) in [5.74, 6) is 0. The molecule has 1 N–H and O–H groups in total. The molecule has 0 saturated carbocycles. The number of hydrogen-bond donors (Lipinski definition) is 1. The van der Waals surface area contributed by atoms with Gasteiger partial charge in [0, 0.05) is 13.2 Å². The second kappa shape index (κ2) is 18.1. The average molecular weight is 477 g/mol. The van der Waals surface area contributed by atoms with Crippen LogP contribution in [-0.4, -0.2) is 36.5 Å². The van der Waals surface area contributed by atoms with Crippen LogP contribution in [0.2, 0.25) is 0 Å². The zero-order valence-corrected chi connectivity index (χ0v) is 22.9. The van der Waals surface area contributed by atoms with E-state index in [1.54, 1.807) is 0 Å². The van der Waals surface area contributed by atoms with Crippen molar-refractivity contribution in [1.82, 2.24) is 0 Å². The van der Waals surface area contributed by atoms with Crippen molar-refractivity contribution >= 4 is 0 Å². The minimum atomic E-state index is -0.699. The molecule has 2 fully saturated rings. The fourth-order valence-electron chi connectivity index (χ4n) is 3.82. The van der Waals surface area contributed by atoms with E-state index < -0.39 is 5.60 Å². The lowest BCUT2D eigenvalue weighted by molar-refractivity contribution is -0.264. The molecule has 2 aliphatic rings. The molecule has 0 aliphatic carbocycles. The Morgan fingerprint density at radius 3 is 1.91 bits per heavy atom. The maximum Gasteiger partial charge on any atom is 0.160 e. The van der Waals surface area contributed by atoms with Crippen molar-refractivity contribution in [2.45, 2.75) is 130 Å². The molecule has 2 heterocycles. The third-order valence-electron chi connectivity index (χ3n) is 5.95. The summed E-state index contributed by atoms with van der Waals surface area (Å²) in [6.45, 7) is 14.2. The normalized spacial score (nSPS) is 23.0. The van der Waals surface area contributed by atoms with Gasteiger partial charge in [0.1, 0.15) is 0 Å². The third-order valence-corrected chi connectivity index (χ3v) is 5.95. The number of ether oxygens (including phenoxy) is 3. The molecule has 2 rings (SSSR count). The topological polar surface area (TPSA) is 47.9 Å². The molecule has 0 aromatic heterocycles. The highest BCUT2D eigenvalue weighted by molar-refractivity contribution is 5.07. The van der Waals surface area contributed by atoms with E-state index in [0.29, 0.717) is 0 Å². The first kappa shape index (κ1) is 30.8. The van der Waals surface area contributed by atoms with Gasteiger partial charge in [0.05, 0.1) is 5.60 Å². The molecule has 0 bridgehead atoms. The standard InChI is InChI=1S/C20H34O.C10H18O3/c1-17(2)11-9-14-19(5)13-7-8-15-20(6,21)16-10-12-18(3)4;1-3-7-11-9(5-1)13-10-6-2-4-8-12-10/h8,11-13,15,21H,7,9-10,14,16H2,1-6H3;9-10H,1-8H2/b15-8?,19-13+;. The van der Waals surface area contributed by atoms with Crippen LogP contribution in [0.1, 0.15) is 112 Å². The molecular weight excluding hydrogens is 424 g/mol. The van der Waals surface area contributed by atoms with Crippen LogP contribution < -0.4 is 0 Å². The van der Waals surface area contributed by atoms with Crippen molar-refractivity contribution in [3.8, 4) is 0 Å². The van der Waals surface area contributed by atoms with Gasteiger partial charge in [-0.15, -0.1) is 0 Å². The molecule has 34 heavy (non-hydrogen) atoms. The second-order valence-electron chi connectivity index (χ2n) is 10.4. The molecule has 0 aromatic carbocycles. The van der Waals surface area contributed by atoms with E-state index >= 15 is 0 Å². The van der Waals surface area contributed by atoms with Crippen molar-refractivity contribution < 1.29 is 19.3 Å². The molecule has 196 valence electrons. The summed E-state index contributed by atoms with van der Waals surface area (Å²) in [4.78, 5) is 0. The lowest BCUT2D eigenvalue weighted by Crippen LogP contribution is -2.31. The molecule has 2 aliphatic heterocycles. The maximum atomic E-state index is 10.3. The van der Waals surface area contributed by atoms with Gasteiger partial charge in [-0.1, -0.05) is 47.1 Å². The Morgan fingerprint density at radius 2 is 1.41 bits per heavy atom. The zero-order valence-electron chi connectivity index (χ0n) is 22.9. The Kier molecular flexibility index (Phi) is 16.4. The molecule has 4 nitrogen and oxygen atoms in total. The summed E-state index contributed by atoms with van der Waals surface area (Å²) < 4.78 is 16.6. The molecule has 0 spiro atoms. The number of rotatable bonds is 11. The summed E-state index contributed by atoms with van der Waals surface area (Å²) >= 11 is 0.